The third-order valence-electron chi connectivity index (χ3n) is 3.22. The van der Waals surface area contributed by atoms with Crippen molar-refractivity contribution in [1.82, 2.24) is 15.2 Å². The Labute approximate surface area is 117 Å². The van der Waals surface area contributed by atoms with Crippen LogP contribution in [0.15, 0.2) is 12.1 Å². The number of piperazine rings is 1. The highest BCUT2D eigenvalue weighted by Crippen LogP contribution is 2.16. The molecule has 1 fully saturated rings. The van der Waals surface area contributed by atoms with Crippen LogP contribution in [0.25, 0.3) is 0 Å². The van der Waals surface area contributed by atoms with Gasteiger partial charge in [0.15, 0.2) is 0 Å². The maximum atomic E-state index is 12.4. The highest BCUT2D eigenvalue weighted by molar-refractivity contribution is 6.29. The van der Waals surface area contributed by atoms with Gasteiger partial charge in [-0.25, -0.2) is 4.98 Å². The Hall–Kier alpha value is -1.62. The number of hydrogen-bond acceptors (Lipinski definition) is 3. The molecule has 19 heavy (non-hydrogen) atoms. The third kappa shape index (κ3) is 2.87. The topological polar surface area (TPSA) is 62.3 Å². The van der Waals surface area contributed by atoms with Crippen LogP contribution in [0.4, 0.5) is 0 Å². The first-order valence-electron chi connectivity index (χ1n) is 6.28. The Bertz CT molecular complexity index is 519. The molecule has 1 saturated heterocycles. The molecule has 0 aliphatic carbocycles. The third-order valence-corrected chi connectivity index (χ3v) is 3.41. The average molecular weight is 282 g/mol. The van der Waals surface area contributed by atoms with Crippen molar-refractivity contribution in [3.8, 4) is 0 Å². The van der Waals surface area contributed by atoms with E-state index in [1.54, 1.807) is 24.0 Å². The van der Waals surface area contributed by atoms with Gasteiger partial charge < -0.3 is 10.2 Å². The van der Waals surface area contributed by atoms with Crippen LogP contribution < -0.4 is 5.32 Å². The number of nitrogens with one attached hydrogen (secondary N) is 1. The van der Waals surface area contributed by atoms with Crippen molar-refractivity contribution in [2.45, 2.75) is 26.3 Å². The van der Waals surface area contributed by atoms with Gasteiger partial charge >= 0.3 is 0 Å². The fraction of sp³-hybridized carbons (Fsp3) is 0.462. The number of halogens is 1. The van der Waals surface area contributed by atoms with Gasteiger partial charge in [0, 0.05) is 24.3 Å². The predicted molar refractivity (Wildman–Crippen MR) is 72.1 cm³/mol. The summed E-state index contributed by atoms with van der Waals surface area (Å²) < 4.78 is 0. The molecular weight excluding hydrogens is 266 g/mol. The molecule has 1 aliphatic rings. The molecule has 1 atom stereocenters. The first-order valence-corrected chi connectivity index (χ1v) is 6.66. The number of aryl methyl sites for hydroxylation is 1. The summed E-state index contributed by atoms with van der Waals surface area (Å²) in [5.41, 5.74) is 1.25. The smallest absolute Gasteiger partial charge is 0.254 e. The summed E-state index contributed by atoms with van der Waals surface area (Å²) in [6.07, 6.45) is 0.705. The van der Waals surface area contributed by atoms with Gasteiger partial charge in [-0.05, 0) is 25.5 Å². The van der Waals surface area contributed by atoms with Crippen molar-refractivity contribution in [2.75, 3.05) is 13.1 Å². The van der Waals surface area contributed by atoms with Gasteiger partial charge in [-0.2, -0.15) is 0 Å². The van der Waals surface area contributed by atoms with Gasteiger partial charge in [-0.1, -0.05) is 18.5 Å². The minimum absolute atomic E-state index is 0.129. The largest absolute Gasteiger partial charge is 0.353 e. The minimum atomic E-state index is -0.460. The molecule has 0 bridgehead atoms. The van der Waals surface area contributed by atoms with Gasteiger partial charge in [0.2, 0.25) is 5.91 Å². The molecule has 0 radical (unpaired) electrons. The number of pyridine rings is 1. The van der Waals surface area contributed by atoms with E-state index in [1.807, 2.05) is 6.92 Å². The molecule has 6 heteroatoms. The molecule has 1 N–H and O–H groups in total. The van der Waals surface area contributed by atoms with E-state index in [1.165, 1.54) is 0 Å². The average Bonchev–Trinajstić information content (AvgIpc) is 2.40. The lowest BCUT2D eigenvalue weighted by Gasteiger charge is -2.32. The number of nitrogens with zero attached hydrogens (tertiary/aromatic N) is 2. The second-order valence-corrected chi connectivity index (χ2v) is 4.88. The molecule has 2 heterocycles. The fourth-order valence-electron chi connectivity index (χ4n) is 2.08. The Morgan fingerprint density at radius 2 is 2.32 bits per heavy atom. The normalized spacial score (nSPS) is 19.2. The zero-order valence-electron chi connectivity index (χ0n) is 10.9. The highest BCUT2D eigenvalue weighted by atomic mass is 35.5. The van der Waals surface area contributed by atoms with E-state index in [0.717, 1.165) is 5.69 Å². The maximum Gasteiger partial charge on any atom is 0.254 e. The molecule has 2 amide bonds. The Morgan fingerprint density at radius 3 is 3.00 bits per heavy atom. The first kappa shape index (κ1) is 13.8. The van der Waals surface area contributed by atoms with E-state index in [2.05, 4.69) is 10.3 Å². The first-order chi connectivity index (χ1) is 9.02. The van der Waals surface area contributed by atoms with Crippen molar-refractivity contribution in [2.24, 2.45) is 0 Å². The summed E-state index contributed by atoms with van der Waals surface area (Å²) in [6, 6.07) is 2.81. The van der Waals surface area contributed by atoms with Crippen LogP contribution in [0.5, 0.6) is 0 Å². The number of rotatable bonds is 2. The molecular formula is C13H16ClN3O2. The molecule has 5 nitrogen and oxygen atoms in total. The quantitative estimate of drug-likeness (QED) is 0.830. The van der Waals surface area contributed by atoms with Gasteiger partial charge in [0.05, 0.1) is 0 Å². The van der Waals surface area contributed by atoms with Crippen molar-refractivity contribution in [1.29, 1.82) is 0 Å². The number of hydrogen-bond donors (Lipinski definition) is 1. The van der Waals surface area contributed by atoms with Gasteiger partial charge in [0.25, 0.3) is 5.91 Å². The van der Waals surface area contributed by atoms with Crippen LogP contribution in [0.1, 0.15) is 29.9 Å². The lowest BCUT2D eigenvalue weighted by Crippen LogP contribution is -2.55. The number of carbonyl (C=O) groups is 2. The molecule has 1 unspecified atom stereocenters. The van der Waals surface area contributed by atoms with Crippen LogP contribution >= 0.6 is 11.6 Å². The van der Waals surface area contributed by atoms with E-state index in [9.17, 15) is 9.59 Å². The summed E-state index contributed by atoms with van der Waals surface area (Å²) in [5, 5.41) is 3.03. The Morgan fingerprint density at radius 1 is 1.58 bits per heavy atom. The van der Waals surface area contributed by atoms with Crippen LogP contribution in [0, 0.1) is 0 Å². The van der Waals surface area contributed by atoms with Crippen LogP contribution in [0.3, 0.4) is 0 Å². The molecule has 1 aromatic rings. The second-order valence-electron chi connectivity index (χ2n) is 4.49. The summed E-state index contributed by atoms with van der Waals surface area (Å²) in [5.74, 6) is -0.309. The van der Waals surface area contributed by atoms with Gasteiger partial charge in [0.1, 0.15) is 11.2 Å². The number of carbonyl (C=O) groups excluding carboxylic acids is 2. The van der Waals surface area contributed by atoms with E-state index < -0.39 is 6.04 Å². The molecule has 0 aromatic carbocycles. The van der Waals surface area contributed by atoms with Crippen molar-refractivity contribution in [3.05, 3.63) is 28.5 Å². The second kappa shape index (κ2) is 5.57. The molecule has 102 valence electrons. The van der Waals surface area contributed by atoms with E-state index in [-0.39, 0.29) is 11.8 Å². The van der Waals surface area contributed by atoms with Crippen LogP contribution in [-0.2, 0) is 11.2 Å². The highest BCUT2D eigenvalue weighted by Gasteiger charge is 2.30. The number of amides is 2. The molecule has 2 rings (SSSR count). The van der Waals surface area contributed by atoms with E-state index in [4.69, 9.17) is 11.6 Å². The monoisotopic (exact) mass is 281 g/mol. The lowest BCUT2D eigenvalue weighted by molar-refractivity contribution is -0.127. The summed E-state index contributed by atoms with van der Waals surface area (Å²) >= 11 is 5.92. The summed E-state index contributed by atoms with van der Waals surface area (Å²) in [4.78, 5) is 29.7. The van der Waals surface area contributed by atoms with Gasteiger partial charge in [-0.3, -0.25) is 9.59 Å². The van der Waals surface area contributed by atoms with E-state index in [0.29, 0.717) is 30.2 Å². The molecule has 1 aliphatic heterocycles. The predicted octanol–water partition coefficient (Wildman–Crippen LogP) is 1.26. The summed E-state index contributed by atoms with van der Waals surface area (Å²) in [6.45, 7) is 4.65. The molecule has 0 spiro atoms. The van der Waals surface area contributed by atoms with Crippen LogP contribution in [-0.4, -0.2) is 40.8 Å². The fourth-order valence-corrected chi connectivity index (χ4v) is 2.31. The van der Waals surface area contributed by atoms with Gasteiger partial charge in [-0.15, -0.1) is 0 Å². The zero-order chi connectivity index (χ0) is 14.0. The molecule has 0 saturated carbocycles. The minimum Gasteiger partial charge on any atom is -0.353 e. The Balaban J connectivity index is 2.28. The standard InChI is InChI=1S/C13H16ClN3O2/c1-3-10-6-9(7-11(14)16-10)13(19)17-5-4-15-12(18)8(17)2/h6-8H,3-5H2,1-2H3,(H,15,18). The SMILES string of the molecule is CCc1cc(C(=O)N2CCNC(=O)C2C)cc(Cl)n1. The lowest BCUT2D eigenvalue weighted by atomic mass is 10.1. The Kier molecular flexibility index (Phi) is 4.04. The molecule has 1 aromatic heterocycles. The number of aromatic nitrogens is 1. The van der Waals surface area contributed by atoms with Crippen molar-refractivity contribution >= 4 is 23.4 Å². The summed E-state index contributed by atoms with van der Waals surface area (Å²) in [7, 11) is 0. The van der Waals surface area contributed by atoms with E-state index >= 15 is 0 Å². The zero-order valence-corrected chi connectivity index (χ0v) is 11.7. The van der Waals surface area contributed by atoms with Crippen LogP contribution in [0.2, 0.25) is 5.15 Å². The van der Waals surface area contributed by atoms with Crippen molar-refractivity contribution < 1.29 is 9.59 Å². The maximum absolute atomic E-state index is 12.4. The van der Waals surface area contributed by atoms with Crippen molar-refractivity contribution in [3.63, 3.8) is 0 Å².